The van der Waals surface area contributed by atoms with E-state index in [1.54, 1.807) is 0 Å². The van der Waals surface area contributed by atoms with Gasteiger partial charge in [0.2, 0.25) is 0 Å². The highest BCUT2D eigenvalue weighted by Gasteiger charge is 2.45. The summed E-state index contributed by atoms with van der Waals surface area (Å²) in [5.74, 6) is -1.16. The van der Waals surface area contributed by atoms with Crippen molar-refractivity contribution in [2.75, 3.05) is 0 Å². The van der Waals surface area contributed by atoms with Crippen LogP contribution in [0.4, 0.5) is 0 Å². The minimum absolute atomic E-state index is 0.365. The highest BCUT2D eigenvalue weighted by atomic mass is 16.4. The van der Waals surface area contributed by atoms with Crippen LogP contribution in [0.25, 0.3) is 0 Å². The molecule has 2 rings (SSSR count). The fourth-order valence-corrected chi connectivity index (χ4v) is 2.26. The van der Waals surface area contributed by atoms with E-state index in [1.807, 2.05) is 31.2 Å². The lowest BCUT2D eigenvalue weighted by molar-refractivity contribution is -0.158. The molecular weight excluding hydrogens is 204 g/mol. The van der Waals surface area contributed by atoms with E-state index in [4.69, 9.17) is 5.11 Å². The van der Waals surface area contributed by atoms with E-state index in [9.17, 15) is 9.90 Å². The molecule has 1 aromatic rings. The van der Waals surface area contributed by atoms with Gasteiger partial charge in [-0.25, -0.2) is 0 Å². The first-order valence-corrected chi connectivity index (χ1v) is 5.49. The predicted octanol–water partition coefficient (Wildman–Crippen LogP) is 1.76. The molecule has 2 N–H and O–H groups in total. The van der Waals surface area contributed by atoms with Crippen LogP contribution in [-0.4, -0.2) is 21.8 Å². The summed E-state index contributed by atoms with van der Waals surface area (Å²) in [7, 11) is 0. The average molecular weight is 220 g/mol. The van der Waals surface area contributed by atoms with Crippen LogP contribution in [0.3, 0.4) is 0 Å². The number of carboxylic acids is 1. The first-order valence-electron chi connectivity index (χ1n) is 5.49. The van der Waals surface area contributed by atoms with Crippen LogP contribution >= 0.6 is 0 Å². The third-order valence-electron chi connectivity index (χ3n) is 3.26. The van der Waals surface area contributed by atoms with Gasteiger partial charge in [0.15, 0.2) is 0 Å². The van der Waals surface area contributed by atoms with Gasteiger partial charge in [-0.05, 0) is 25.3 Å². The standard InChI is InChI=1S/C13H16O3/c1-9-2-4-10(5-3-9)6-13(16)7-11(8-13)12(14)15/h2-5,11,16H,6-8H2,1H3,(H,14,15). The molecule has 0 spiro atoms. The van der Waals surface area contributed by atoms with E-state index in [2.05, 4.69) is 0 Å². The van der Waals surface area contributed by atoms with Crippen molar-refractivity contribution in [1.82, 2.24) is 0 Å². The normalized spacial score (nSPS) is 28.5. The van der Waals surface area contributed by atoms with Gasteiger partial charge in [-0.3, -0.25) is 4.79 Å². The second-order valence-corrected chi connectivity index (χ2v) is 4.83. The number of rotatable bonds is 3. The Labute approximate surface area is 94.7 Å². The van der Waals surface area contributed by atoms with Crippen LogP contribution in [0, 0.1) is 12.8 Å². The topological polar surface area (TPSA) is 57.5 Å². The summed E-state index contributed by atoms with van der Waals surface area (Å²) in [5, 5.41) is 18.8. The van der Waals surface area contributed by atoms with E-state index in [1.165, 1.54) is 5.56 Å². The number of carbonyl (C=O) groups is 1. The molecule has 1 saturated carbocycles. The zero-order chi connectivity index (χ0) is 11.8. The van der Waals surface area contributed by atoms with Crippen molar-refractivity contribution in [2.24, 2.45) is 5.92 Å². The maximum atomic E-state index is 10.7. The van der Waals surface area contributed by atoms with Crippen molar-refractivity contribution in [3.05, 3.63) is 35.4 Å². The summed E-state index contributed by atoms with van der Waals surface area (Å²) in [4.78, 5) is 10.7. The van der Waals surface area contributed by atoms with Crippen LogP contribution in [-0.2, 0) is 11.2 Å². The fraction of sp³-hybridized carbons (Fsp3) is 0.462. The predicted molar refractivity (Wildman–Crippen MR) is 60.2 cm³/mol. The minimum Gasteiger partial charge on any atom is -0.481 e. The number of aliphatic hydroxyl groups is 1. The Morgan fingerprint density at radius 2 is 1.94 bits per heavy atom. The monoisotopic (exact) mass is 220 g/mol. The smallest absolute Gasteiger partial charge is 0.306 e. The Balaban J connectivity index is 1.96. The lowest BCUT2D eigenvalue weighted by Gasteiger charge is -2.41. The third-order valence-corrected chi connectivity index (χ3v) is 3.26. The van der Waals surface area contributed by atoms with Crippen molar-refractivity contribution >= 4 is 5.97 Å². The van der Waals surface area contributed by atoms with Gasteiger partial charge in [0, 0.05) is 6.42 Å². The summed E-state index contributed by atoms with van der Waals surface area (Å²) >= 11 is 0. The van der Waals surface area contributed by atoms with Crippen LogP contribution in [0.2, 0.25) is 0 Å². The minimum atomic E-state index is -0.807. The Kier molecular flexibility index (Phi) is 2.72. The average Bonchev–Trinajstić information content (AvgIpc) is 2.17. The molecule has 0 amide bonds. The molecule has 0 aromatic heterocycles. The maximum absolute atomic E-state index is 10.7. The van der Waals surface area contributed by atoms with Gasteiger partial charge >= 0.3 is 5.97 Å². The number of carboxylic acid groups (broad SMARTS) is 1. The van der Waals surface area contributed by atoms with Crippen LogP contribution in [0.1, 0.15) is 24.0 Å². The summed E-state index contributed by atoms with van der Waals surface area (Å²) in [6.45, 7) is 2.02. The van der Waals surface area contributed by atoms with E-state index >= 15 is 0 Å². The molecule has 0 bridgehead atoms. The lowest BCUT2D eigenvalue weighted by atomic mass is 9.68. The molecule has 1 fully saturated rings. The molecule has 0 heterocycles. The Bertz CT molecular complexity index is 388. The molecule has 16 heavy (non-hydrogen) atoms. The molecule has 1 aliphatic rings. The Morgan fingerprint density at radius 1 is 1.38 bits per heavy atom. The van der Waals surface area contributed by atoms with Crippen LogP contribution < -0.4 is 0 Å². The van der Waals surface area contributed by atoms with Crippen molar-refractivity contribution in [3.63, 3.8) is 0 Å². The summed E-state index contributed by atoms with van der Waals surface area (Å²) in [6, 6.07) is 7.99. The maximum Gasteiger partial charge on any atom is 0.306 e. The summed E-state index contributed by atoms with van der Waals surface area (Å²) in [6.07, 6.45) is 1.30. The number of aliphatic carboxylic acids is 1. The quantitative estimate of drug-likeness (QED) is 0.816. The second-order valence-electron chi connectivity index (χ2n) is 4.83. The third kappa shape index (κ3) is 2.25. The molecule has 3 heteroatoms. The Hall–Kier alpha value is -1.35. The van der Waals surface area contributed by atoms with E-state index in [-0.39, 0.29) is 5.92 Å². The van der Waals surface area contributed by atoms with Crippen LogP contribution in [0.5, 0.6) is 0 Å². The van der Waals surface area contributed by atoms with Gasteiger partial charge in [0.25, 0.3) is 0 Å². The van der Waals surface area contributed by atoms with Crippen molar-refractivity contribution in [3.8, 4) is 0 Å². The molecule has 3 nitrogen and oxygen atoms in total. The van der Waals surface area contributed by atoms with Gasteiger partial charge in [-0.15, -0.1) is 0 Å². The molecule has 0 atom stereocenters. The number of benzene rings is 1. The van der Waals surface area contributed by atoms with Gasteiger partial charge in [-0.2, -0.15) is 0 Å². The second kappa shape index (κ2) is 3.91. The molecular formula is C13H16O3. The lowest BCUT2D eigenvalue weighted by Crippen LogP contribution is -2.48. The first kappa shape index (κ1) is 11.1. The molecule has 0 radical (unpaired) electrons. The van der Waals surface area contributed by atoms with E-state index in [0.717, 1.165) is 5.56 Å². The van der Waals surface area contributed by atoms with E-state index in [0.29, 0.717) is 19.3 Å². The Morgan fingerprint density at radius 3 is 2.44 bits per heavy atom. The van der Waals surface area contributed by atoms with Gasteiger partial charge in [0.1, 0.15) is 0 Å². The van der Waals surface area contributed by atoms with Crippen molar-refractivity contribution < 1.29 is 15.0 Å². The van der Waals surface area contributed by atoms with E-state index < -0.39 is 11.6 Å². The first-order chi connectivity index (χ1) is 7.48. The van der Waals surface area contributed by atoms with Crippen molar-refractivity contribution in [1.29, 1.82) is 0 Å². The van der Waals surface area contributed by atoms with Gasteiger partial charge in [-0.1, -0.05) is 29.8 Å². The van der Waals surface area contributed by atoms with Gasteiger partial charge < -0.3 is 10.2 Å². The van der Waals surface area contributed by atoms with Crippen molar-refractivity contribution in [2.45, 2.75) is 31.8 Å². The molecule has 1 aromatic carbocycles. The zero-order valence-corrected chi connectivity index (χ0v) is 9.31. The molecule has 1 aliphatic carbocycles. The molecule has 86 valence electrons. The molecule has 0 saturated heterocycles. The SMILES string of the molecule is Cc1ccc(CC2(O)CC(C(=O)O)C2)cc1. The zero-order valence-electron chi connectivity index (χ0n) is 9.31. The number of hydrogen-bond donors (Lipinski definition) is 2. The summed E-state index contributed by atoms with van der Waals surface area (Å²) < 4.78 is 0. The highest BCUT2D eigenvalue weighted by molar-refractivity contribution is 5.71. The number of hydrogen-bond acceptors (Lipinski definition) is 2. The van der Waals surface area contributed by atoms with Crippen LogP contribution in [0.15, 0.2) is 24.3 Å². The fourth-order valence-electron chi connectivity index (χ4n) is 2.26. The largest absolute Gasteiger partial charge is 0.481 e. The molecule has 0 aliphatic heterocycles. The highest BCUT2D eigenvalue weighted by Crippen LogP contribution is 2.40. The molecule has 0 unspecified atom stereocenters. The number of aryl methyl sites for hydroxylation is 1. The van der Waals surface area contributed by atoms with Gasteiger partial charge in [0.05, 0.1) is 11.5 Å². The summed E-state index contributed by atoms with van der Waals surface area (Å²) in [5.41, 5.74) is 1.45.